The number of amidine groups is 1. The van der Waals surface area contributed by atoms with Gasteiger partial charge >= 0.3 is 0 Å². The van der Waals surface area contributed by atoms with E-state index in [1.807, 2.05) is 0 Å². The topological polar surface area (TPSA) is 27.6 Å². The Morgan fingerprint density at radius 3 is 2.63 bits per heavy atom. The highest BCUT2D eigenvalue weighted by atomic mass is 15.1. The first kappa shape index (κ1) is 12.7. The standard InChI is InChI=1S/C16H23N3/c1-2-5-14(6-3-1)13-19-11-8-15(9-12-19)18-16-7-4-10-17-16/h1-3,5-6,15H,4,7-13H2,(H,17,18). The molecular weight excluding hydrogens is 234 g/mol. The fraction of sp³-hybridized carbons (Fsp3) is 0.562. The first-order valence-corrected chi connectivity index (χ1v) is 7.46. The third kappa shape index (κ3) is 3.57. The molecule has 19 heavy (non-hydrogen) atoms. The number of rotatable bonds is 3. The molecule has 3 rings (SSSR count). The van der Waals surface area contributed by atoms with Gasteiger partial charge in [-0.2, -0.15) is 0 Å². The van der Waals surface area contributed by atoms with Crippen LogP contribution in [-0.2, 0) is 6.54 Å². The number of hydrogen-bond acceptors (Lipinski definition) is 3. The van der Waals surface area contributed by atoms with E-state index in [-0.39, 0.29) is 0 Å². The van der Waals surface area contributed by atoms with Crippen molar-refractivity contribution in [3.63, 3.8) is 0 Å². The van der Waals surface area contributed by atoms with Crippen LogP contribution in [0.5, 0.6) is 0 Å². The number of benzene rings is 1. The number of aliphatic imine (C=N–C) groups is 1. The summed E-state index contributed by atoms with van der Waals surface area (Å²) in [6.07, 6.45) is 4.87. The van der Waals surface area contributed by atoms with Crippen LogP contribution in [0.2, 0.25) is 0 Å². The molecule has 2 heterocycles. The molecule has 2 aliphatic heterocycles. The maximum absolute atomic E-state index is 4.51. The van der Waals surface area contributed by atoms with Crippen molar-refractivity contribution >= 4 is 5.84 Å². The third-order valence-corrected chi connectivity index (χ3v) is 4.08. The Balaban J connectivity index is 1.44. The highest BCUT2D eigenvalue weighted by Crippen LogP contribution is 2.15. The average molecular weight is 257 g/mol. The molecule has 0 radical (unpaired) electrons. The lowest BCUT2D eigenvalue weighted by Gasteiger charge is -2.32. The molecule has 0 atom stereocenters. The minimum absolute atomic E-state index is 0.642. The molecule has 3 heteroatoms. The highest BCUT2D eigenvalue weighted by molar-refractivity contribution is 5.83. The predicted molar refractivity (Wildman–Crippen MR) is 79.4 cm³/mol. The highest BCUT2D eigenvalue weighted by Gasteiger charge is 2.20. The van der Waals surface area contributed by atoms with Gasteiger partial charge in [-0.05, 0) is 24.8 Å². The number of nitrogens with one attached hydrogen (secondary N) is 1. The summed E-state index contributed by atoms with van der Waals surface area (Å²) in [7, 11) is 0. The van der Waals surface area contributed by atoms with Crippen LogP contribution >= 0.6 is 0 Å². The Hall–Kier alpha value is -1.35. The van der Waals surface area contributed by atoms with Crippen LogP contribution in [0.4, 0.5) is 0 Å². The summed E-state index contributed by atoms with van der Waals surface area (Å²) in [5.74, 6) is 1.25. The number of nitrogens with zero attached hydrogens (tertiary/aromatic N) is 2. The first-order chi connectivity index (χ1) is 9.40. The molecule has 1 fully saturated rings. The quantitative estimate of drug-likeness (QED) is 0.900. The average Bonchev–Trinajstić information content (AvgIpc) is 2.95. The van der Waals surface area contributed by atoms with Gasteiger partial charge in [0.15, 0.2) is 0 Å². The van der Waals surface area contributed by atoms with Gasteiger partial charge in [0.2, 0.25) is 0 Å². The van der Waals surface area contributed by atoms with Crippen LogP contribution < -0.4 is 5.32 Å². The third-order valence-electron chi connectivity index (χ3n) is 4.08. The number of piperidine rings is 1. The smallest absolute Gasteiger partial charge is 0.0965 e. The van der Waals surface area contributed by atoms with Crippen molar-refractivity contribution in [2.75, 3.05) is 19.6 Å². The van der Waals surface area contributed by atoms with E-state index < -0.39 is 0 Å². The number of hydrogen-bond donors (Lipinski definition) is 1. The van der Waals surface area contributed by atoms with Crippen molar-refractivity contribution < 1.29 is 0 Å². The van der Waals surface area contributed by atoms with Crippen LogP contribution in [0.3, 0.4) is 0 Å². The van der Waals surface area contributed by atoms with E-state index in [4.69, 9.17) is 0 Å². The fourth-order valence-corrected chi connectivity index (χ4v) is 2.97. The summed E-state index contributed by atoms with van der Waals surface area (Å²) < 4.78 is 0. The molecule has 3 nitrogen and oxygen atoms in total. The van der Waals surface area contributed by atoms with E-state index in [0.29, 0.717) is 6.04 Å². The van der Waals surface area contributed by atoms with Gasteiger partial charge in [0.1, 0.15) is 0 Å². The van der Waals surface area contributed by atoms with Gasteiger partial charge in [0.25, 0.3) is 0 Å². The molecule has 0 saturated carbocycles. The Morgan fingerprint density at radius 2 is 1.95 bits per heavy atom. The normalized spacial score (nSPS) is 21.4. The van der Waals surface area contributed by atoms with Crippen LogP contribution in [0.1, 0.15) is 31.2 Å². The summed E-state index contributed by atoms with van der Waals surface area (Å²) in [6, 6.07) is 11.4. The number of likely N-dealkylation sites (tertiary alicyclic amines) is 1. The molecule has 0 amide bonds. The van der Waals surface area contributed by atoms with E-state index in [2.05, 4.69) is 45.5 Å². The lowest BCUT2D eigenvalue weighted by molar-refractivity contribution is 0.199. The lowest BCUT2D eigenvalue weighted by Crippen LogP contribution is -2.43. The van der Waals surface area contributed by atoms with Crippen LogP contribution in [0, 0.1) is 0 Å². The van der Waals surface area contributed by atoms with Gasteiger partial charge < -0.3 is 5.32 Å². The molecule has 1 aromatic rings. The van der Waals surface area contributed by atoms with Gasteiger partial charge in [-0.3, -0.25) is 9.89 Å². The Bertz CT molecular complexity index is 419. The summed E-state index contributed by atoms with van der Waals surface area (Å²) in [6.45, 7) is 4.50. The summed E-state index contributed by atoms with van der Waals surface area (Å²) in [5, 5.41) is 3.63. The van der Waals surface area contributed by atoms with Gasteiger partial charge in [-0.15, -0.1) is 0 Å². The zero-order valence-electron chi connectivity index (χ0n) is 11.5. The van der Waals surface area contributed by atoms with Gasteiger partial charge in [-0.1, -0.05) is 30.3 Å². The first-order valence-electron chi connectivity index (χ1n) is 7.46. The molecule has 1 saturated heterocycles. The largest absolute Gasteiger partial charge is 0.371 e. The maximum atomic E-state index is 4.51. The molecule has 2 aliphatic rings. The second kappa shape index (κ2) is 6.20. The molecule has 102 valence electrons. The van der Waals surface area contributed by atoms with Crippen molar-refractivity contribution in [2.45, 2.75) is 38.3 Å². The molecule has 0 aromatic heterocycles. The minimum Gasteiger partial charge on any atom is -0.371 e. The second-order valence-corrected chi connectivity index (χ2v) is 5.61. The molecule has 0 spiro atoms. The molecule has 1 aromatic carbocycles. The summed E-state index contributed by atoms with van der Waals surface area (Å²) >= 11 is 0. The lowest BCUT2D eigenvalue weighted by atomic mass is 10.0. The monoisotopic (exact) mass is 257 g/mol. The SMILES string of the molecule is c1ccc(CN2CCC(NC3=NCCC3)CC2)cc1. The van der Waals surface area contributed by atoms with Gasteiger partial charge in [-0.25, -0.2) is 0 Å². The van der Waals surface area contributed by atoms with Crippen LogP contribution in [0.15, 0.2) is 35.3 Å². The molecule has 0 unspecified atom stereocenters. The second-order valence-electron chi connectivity index (χ2n) is 5.61. The van der Waals surface area contributed by atoms with Crippen molar-refractivity contribution in [1.29, 1.82) is 0 Å². The maximum Gasteiger partial charge on any atom is 0.0965 e. The van der Waals surface area contributed by atoms with E-state index in [0.717, 1.165) is 19.5 Å². The summed E-state index contributed by atoms with van der Waals surface area (Å²) in [5.41, 5.74) is 1.43. The van der Waals surface area contributed by atoms with Crippen molar-refractivity contribution in [3.8, 4) is 0 Å². The minimum atomic E-state index is 0.642. The van der Waals surface area contributed by atoms with Crippen molar-refractivity contribution in [2.24, 2.45) is 4.99 Å². The zero-order valence-corrected chi connectivity index (χ0v) is 11.5. The molecular formula is C16H23N3. The van der Waals surface area contributed by atoms with E-state index in [9.17, 15) is 0 Å². The van der Waals surface area contributed by atoms with Gasteiger partial charge in [0, 0.05) is 38.6 Å². The molecule has 0 aliphatic carbocycles. The predicted octanol–water partition coefficient (Wildman–Crippen LogP) is 2.43. The zero-order chi connectivity index (χ0) is 12.9. The van der Waals surface area contributed by atoms with E-state index in [1.54, 1.807) is 0 Å². The Kier molecular flexibility index (Phi) is 4.13. The fourth-order valence-electron chi connectivity index (χ4n) is 2.97. The van der Waals surface area contributed by atoms with E-state index in [1.165, 1.54) is 43.8 Å². The molecule has 0 bridgehead atoms. The van der Waals surface area contributed by atoms with Crippen LogP contribution in [0.25, 0.3) is 0 Å². The van der Waals surface area contributed by atoms with Crippen molar-refractivity contribution in [1.82, 2.24) is 10.2 Å². The summed E-state index contributed by atoms with van der Waals surface area (Å²) in [4.78, 5) is 7.07. The molecule has 1 N–H and O–H groups in total. The van der Waals surface area contributed by atoms with E-state index >= 15 is 0 Å². The Morgan fingerprint density at radius 1 is 1.16 bits per heavy atom. The van der Waals surface area contributed by atoms with Crippen molar-refractivity contribution in [3.05, 3.63) is 35.9 Å². The Labute approximate surface area is 115 Å². The van der Waals surface area contributed by atoms with Gasteiger partial charge in [0.05, 0.1) is 5.84 Å². The van der Waals surface area contributed by atoms with Crippen LogP contribution in [-0.4, -0.2) is 36.4 Å².